The maximum absolute atomic E-state index is 6.55. The van der Waals surface area contributed by atoms with E-state index in [0.717, 1.165) is 27.1 Å². The minimum atomic E-state index is -0.216. The molecule has 0 aromatic heterocycles. The summed E-state index contributed by atoms with van der Waals surface area (Å²) in [6.07, 6.45) is 0. The topological polar surface area (TPSA) is 18.5 Å². The number of fused-ring (bicyclic) bond motifs is 1. The van der Waals surface area contributed by atoms with Crippen LogP contribution in [0.15, 0.2) is 46.9 Å². The van der Waals surface area contributed by atoms with E-state index in [0.29, 0.717) is 13.2 Å². The SMILES string of the molecule is ClC(c1ccccc1)c1cc2c(cc1Br)OCCO2. The van der Waals surface area contributed by atoms with Gasteiger partial charge in [-0.15, -0.1) is 11.6 Å². The molecule has 0 aliphatic carbocycles. The number of hydrogen-bond acceptors (Lipinski definition) is 2. The van der Waals surface area contributed by atoms with Crippen molar-refractivity contribution in [2.75, 3.05) is 13.2 Å². The summed E-state index contributed by atoms with van der Waals surface area (Å²) in [5, 5.41) is -0.216. The van der Waals surface area contributed by atoms with E-state index in [1.54, 1.807) is 0 Å². The lowest BCUT2D eigenvalue weighted by Gasteiger charge is -2.21. The van der Waals surface area contributed by atoms with E-state index in [2.05, 4.69) is 15.9 Å². The fourth-order valence-corrected chi connectivity index (χ4v) is 3.08. The zero-order valence-electron chi connectivity index (χ0n) is 10.1. The summed E-state index contributed by atoms with van der Waals surface area (Å²) < 4.78 is 12.1. The lowest BCUT2D eigenvalue weighted by Crippen LogP contribution is -2.15. The molecule has 0 radical (unpaired) electrons. The molecule has 4 heteroatoms. The van der Waals surface area contributed by atoms with Crippen LogP contribution in [0.1, 0.15) is 16.5 Å². The molecular formula is C15H12BrClO2. The van der Waals surface area contributed by atoms with E-state index < -0.39 is 0 Å². The molecule has 0 N–H and O–H groups in total. The number of benzene rings is 2. The van der Waals surface area contributed by atoms with Gasteiger partial charge in [-0.05, 0) is 23.3 Å². The molecule has 0 saturated carbocycles. The second-order valence-electron chi connectivity index (χ2n) is 4.29. The van der Waals surface area contributed by atoms with Crippen LogP contribution in [0, 0.1) is 0 Å². The van der Waals surface area contributed by atoms with Gasteiger partial charge in [0, 0.05) is 4.47 Å². The van der Waals surface area contributed by atoms with E-state index in [4.69, 9.17) is 21.1 Å². The monoisotopic (exact) mass is 338 g/mol. The Morgan fingerprint density at radius 1 is 1.00 bits per heavy atom. The lowest BCUT2D eigenvalue weighted by molar-refractivity contribution is 0.171. The zero-order valence-corrected chi connectivity index (χ0v) is 12.4. The third-order valence-electron chi connectivity index (χ3n) is 3.03. The summed E-state index contributed by atoms with van der Waals surface area (Å²) in [5.41, 5.74) is 2.04. The van der Waals surface area contributed by atoms with Crippen molar-refractivity contribution in [2.45, 2.75) is 5.38 Å². The van der Waals surface area contributed by atoms with Gasteiger partial charge in [-0.3, -0.25) is 0 Å². The predicted octanol–water partition coefficient (Wildman–Crippen LogP) is 4.55. The van der Waals surface area contributed by atoms with Crippen LogP contribution in [0.25, 0.3) is 0 Å². The van der Waals surface area contributed by atoms with Crippen LogP contribution in [0.3, 0.4) is 0 Å². The first-order valence-corrected chi connectivity index (χ1v) is 7.26. The Morgan fingerprint density at radius 3 is 2.32 bits per heavy atom. The summed E-state index contributed by atoms with van der Waals surface area (Å²) in [5.74, 6) is 1.52. The molecule has 3 rings (SSSR count). The highest BCUT2D eigenvalue weighted by Gasteiger charge is 2.20. The van der Waals surface area contributed by atoms with Crippen molar-refractivity contribution in [1.29, 1.82) is 0 Å². The van der Waals surface area contributed by atoms with Gasteiger partial charge in [0.1, 0.15) is 13.2 Å². The van der Waals surface area contributed by atoms with Gasteiger partial charge >= 0.3 is 0 Å². The minimum Gasteiger partial charge on any atom is -0.486 e. The fraction of sp³-hybridized carbons (Fsp3) is 0.200. The van der Waals surface area contributed by atoms with E-state index in [-0.39, 0.29) is 5.38 Å². The number of alkyl halides is 1. The van der Waals surface area contributed by atoms with Crippen LogP contribution in [-0.4, -0.2) is 13.2 Å². The van der Waals surface area contributed by atoms with Crippen LogP contribution in [-0.2, 0) is 0 Å². The molecule has 2 aromatic rings. The Hall–Kier alpha value is -1.19. The Morgan fingerprint density at radius 2 is 1.63 bits per heavy atom. The molecule has 19 heavy (non-hydrogen) atoms. The van der Waals surface area contributed by atoms with Crippen molar-refractivity contribution in [2.24, 2.45) is 0 Å². The molecule has 1 atom stereocenters. The molecule has 0 spiro atoms. The molecule has 2 aromatic carbocycles. The summed E-state index contributed by atoms with van der Waals surface area (Å²) in [7, 11) is 0. The molecular weight excluding hydrogens is 328 g/mol. The second kappa shape index (κ2) is 5.43. The van der Waals surface area contributed by atoms with Gasteiger partial charge in [-0.2, -0.15) is 0 Å². The quantitative estimate of drug-likeness (QED) is 0.747. The number of ether oxygens (including phenoxy) is 2. The van der Waals surface area contributed by atoms with Crippen molar-refractivity contribution in [3.8, 4) is 11.5 Å². The molecule has 1 aliphatic rings. The summed E-state index contributed by atoms with van der Waals surface area (Å²) in [4.78, 5) is 0. The maximum Gasteiger partial charge on any atom is 0.162 e. The van der Waals surface area contributed by atoms with Crippen LogP contribution in [0.2, 0.25) is 0 Å². The average molecular weight is 340 g/mol. The molecule has 0 amide bonds. The van der Waals surface area contributed by atoms with E-state index in [1.807, 2.05) is 42.5 Å². The van der Waals surface area contributed by atoms with Crippen LogP contribution >= 0.6 is 27.5 Å². The van der Waals surface area contributed by atoms with E-state index in [9.17, 15) is 0 Å². The van der Waals surface area contributed by atoms with Gasteiger partial charge < -0.3 is 9.47 Å². The van der Waals surface area contributed by atoms with Gasteiger partial charge in [-0.1, -0.05) is 46.3 Å². The van der Waals surface area contributed by atoms with E-state index in [1.165, 1.54) is 0 Å². The zero-order chi connectivity index (χ0) is 13.2. The highest BCUT2D eigenvalue weighted by Crippen LogP contribution is 2.41. The van der Waals surface area contributed by atoms with Crippen molar-refractivity contribution >= 4 is 27.5 Å². The van der Waals surface area contributed by atoms with Crippen molar-refractivity contribution in [3.63, 3.8) is 0 Å². The van der Waals surface area contributed by atoms with Crippen LogP contribution in [0.4, 0.5) is 0 Å². The smallest absolute Gasteiger partial charge is 0.162 e. The standard InChI is InChI=1S/C15H12BrClO2/c16-12-9-14-13(18-6-7-19-14)8-11(12)15(17)10-4-2-1-3-5-10/h1-5,8-9,15H,6-7H2. The first kappa shape index (κ1) is 12.8. The van der Waals surface area contributed by atoms with Crippen molar-refractivity contribution in [1.82, 2.24) is 0 Å². The predicted molar refractivity (Wildman–Crippen MR) is 79.3 cm³/mol. The molecule has 0 fully saturated rings. The minimum absolute atomic E-state index is 0.216. The number of hydrogen-bond donors (Lipinski definition) is 0. The van der Waals surface area contributed by atoms with Gasteiger partial charge in [0.25, 0.3) is 0 Å². The summed E-state index contributed by atoms with van der Waals surface area (Å²) >= 11 is 10.1. The Labute approximate surface area is 125 Å². The van der Waals surface area contributed by atoms with Gasteiger partial charge in [-0.25, -0.2) is 0 Å². The largest absolute Gasteiger partial charge is 0.486 e. The van der Waals surface area contributed by atoms with Crippen molar-refractivity contribution < 1.29 is 9.47 Å². The average Bonchev–Trinajstić information content (AvgIpc) is 2.47. The van der Waals surface area contributed by atoms with Gasteiger partial charge in [0.15, 0.2) is 11.5 Å². The summed E-state index contributed by atoms with van der Waals surface area (Å²) in [6.45, 7) is 1.16. The Bertz CT molecular complexity index is 586. The molecule has 2 nitrogen and oxygen atoms in total. The van der Waals surface area contributed by atoms with Crippen LogP contribution < -0.4 is 9.47 Å². The molecule has 1 aliphatic heterocycles. The third kappa shape index (κ3) is 2.58. The van der Waals surface area contributed by atoms with Gasteiger partial charge in [0.2, 0.25) is 0 Å². The molecule has 1 unspecified atom stereocenters. The van der Waals surface area contributed by atoms with Crippen LogP contribution in [0.5, 0.6) is 11.5 Å². The first-order valence-electron chi connectivity index (χ1n) is 6.04. The van der Waals surface area contributed by atoms with Crippen molar-refractivity contribution in [3.05, 3.63) is 58.1 Å². The first-order chi connectivity index (χ1) is 9.25. The fourth-order valence-electron chi connectivity index (χ4n) is 2.08. The molecule has 0 bridgehead atoms. The molecule has 98 valence electrons. The van der Waals surface area contributed by atoms with Gasteiger partial charge in [0.05, 0.1) is 5.38 Å². The van der Waals surface area contributed by atoms with E-state index >= 15 is 0 Å². The second-order valence-corrected chi connectivity index (χ2v) is 5.58. The maximum atomic E-state index is 6.55. The lowest BCUT2D eigenvalue weighted by atomic mass is 10.0. The molecule has 0 saturated heterocycles. The molecule has 1 heterocycles. The number of halogens is 2. The highest BCUT2D eigenvalue weighted by atomic mass is 79.9. The summed E-state index contributed by atoms with van der Waals surface area (Å²) in [6, 6.07) is 13.8. The Balaban J connectivity index is 2.01. The number of rotatable bonds is 2. The Kier molecular flexibility index (Phi) is 3.67. The normalized spacial score (nSPS) is 15.1. The highest BCUT2D eigenvalue weighted by molar-refractivity contribution is 9.10. The third-order valence-corrected chi connectivity index (χ3v) is 4.20.